The molecular weight excluding hydrogens is 336 g/mol. The predicted molar refractivity (Wildman–Crippen MR) is 107 cm³/mol. The minimum absolute atomic E-state index is 0.00706. The van der Waals surface area contributed by atoms with Crippen LogP contribution in [0.4, 0.5) is 0 Å². The summed E-state index contributed by atoms with van der Waals surface area (Å²) >= 11 is 0. The van der Waals surface area contributed by atoms with Crippen LogP contribution in [0.2, 0.25) is 0 Å². The van der Waals surface area contributed by atoms with Gasteiger partial charge in [0.1, 0.15) is 0 Å². The lowest BCUT2D eigenvalue weighted by molar-refractivity contribution is -0.132. The highest BCUT2D eigenvalue weighted by molar-refractivity contribution is 5.95. The van der Waals surface area contributed by atoms with Crippen molar-refractivity contribution in [2.45, 2.75) is 40.2 Å². The third-order valence-corrected chi connectivity index (χ3v) is 5.53. The fraction of sp³-hybridized carbons (Fsp3) is 0.391. The fourth-order valence-corrected chi connectivity index (χ4v) is 3.67. The first kappa shape index (κ1) is 19.2. The van der Waals surface area contributed by atoms with E-state index in [1.165, 1.54) is 5.56 Å². The number of nitrogens with zero attached hydrogens (tertiary/aromatic N) is 1. The Hall–Kier alpha value is -2.62. The Bertz CT molecular complexity index is 829. The number of piperidine rings is 1. The summed E-state index contributed by atoms with van der Waals surface area (Å²) in [5, 5.41) is 3.08. The van der Waals surface area contributed by atoms with Crippen LogP contribution in [0.25, 0.3) is 0 Å². The van der Waals surface area contributed by atoms with Crippen molar-refractivity contribution in [1.82, 2.24) is 10.2 Å². The molecule has 1 heterocycles. The Morgan fingerprint density at radius 2 is 1.78 bits per heavy atom. The van der Waals surface area contributed by atoms with Gasteiger partial charge < -0.3 is 10.2 Å². The van der Waals surface area contributed by atoms with Crippen LogP contribution >= 0.6 is 0 Å². The van der Waals surface area contributed by atoms with Crippen molar-refractivity contribution in [3.05, 3.63) is 70.8 Å². The number of nitrogens with one attached hydrogen (secondary N) is 1. The van der Waals surface area contributed by atoms with E-state index in [0.717, 1.165) is 24.0 Å². The summed E-state index contributed by atoms with van der Waals surface area (Å²) in [7, 11) is 0. The van der Waals surface area contributed by atoms with E-state index >= 15 is 0 Å². The van der Waals surface area contributed by atoms with E-state index in [-0.39, 0.29) is 11.8 Å². The summed E-state index contributed by atoms with van der Waals surface area (Å²) in [4.78, 5) is 27.6. The highest BCUT2D eigenvalue weighted by Crippen LogP contribution is 2.30. The van der Waals surface area contributed by atoms with Gasteiger partial charge in [0.15, 0.2) is 0 Å². The monoisotopic (exact) mass is 364 g/mol. The van der Waals surface area contributed by atoms with E-state index in [0.29, 0.717) is 25.2 Å². The van der Waals surface area contributed by atoms with Gasteiger partial charge in [-0.05, 0) is 56.9 Å². The highest BCUT2D eigenvalue weighted by Gasteiger charge is 2.39. The molecule has 0 aliphatic carbocycles. The lowest BCUT2D eigenvalue weighted by atomic mass is 9.80. The minimum Gasteiger partial charge on any atom is -0.351 e. The maximum atomic E-state index is 12.9. The molecular formula is C23H28N2O2. The smallest absolute Gasteiger partial charge is 0.253 e. The number of benzene rings is 2. The Balaban J connectivity index is 1.66. The summed E-state index contributed by atoms with van der Waals surface area (Å²) in [6.45, 7) is 7.70. The van der Waals surface area contributed by atoms with Gasteiger partial charge in [-0.15, -0.1) is 0 Å². The van der Waals surface area contributed by atoms with Gasteiger partial charge >= 0.3 is 0 Å². The van der Waals surface area contributed by atoms with E-state index in [1.807, 2.05) is 74.2 Å². The van der Waals surface area contributed by atoms with Gasteiger partial charge in [0.2, 0.25) is 5.91 Å². The summed E-state index contributed by atoms with van der Waals surface area (Å²) in [5.74, 6) is 0.0276. The van der Waals surface area contributed by atoms with Gasteiger partial charge in [-0.3, -0.25) is 9.59 Å². The number of amides is 2. The molecule has 0 radical (unpaired) electrons. The zero-order valence-corrected chi connectivity index (χ0v) is 16.4. The van der Waals surface area contributed by atoms with E-state index in [4.69, 9.17) is 0 Å². The van der Waals surface area contributed by atoms with Crippen LogP contribution in [-0.2, 0) is 11.3 Å². The van der Waals surface area contributed by atoms with Crippen molar-refractivity contribution in [1.29, 1.82) is 0 Å². The number of carbonyl (C=O) groups excluding carboxylic acids is 2. The van der Waals surface area contributed by atoms with Gasteiger partial charge in [-0.1, -0.05) is 42.0 Å². The summed E-state index contributed by atoms with van der Waals surface area (Å²) in [6, 6.07) is 15.7. The third-order valence-electron chi connectivity index (χ3n) is 5.53. The summed E-state index contributed by atoms with van der Waals surface area (Å²) in [6.07, 6.45) is 1.64. The SMILES string of the molecule is Cc1ccc(C(=O)N2CCC[C@](C)(C(=O)NCc3ccccc3C)C2)cc1. The van der Waals surface area contributed by atoms with Gasteiger partial charge in [-0.25, -0.2) is 0 Å². The van der Waals surface area contributed by atoms with Crippen molar-refractivity contribution < 1.29 is 9.59 Å². The lowest BCUT2D eigenvalue weighted by Crippen LogP contribution is -2.51. The number of aryl methyl sites for hydroxylation is 2. The van der Waals surface area contributed by atoms with Crippen LogP contribution in [0, 0.1) is 19.3 Å². The van der Waals surface area contributed by atoms with Crippen LogP contribution in [0.1, 0.15) is 46.8 Å². The van der Waals surface area contributed by atoms with Gasteiger partial charge in [0.05, 0.1) is 5.41 Å². The molecule has 1 aliphatic rings. The minimum atomic E-state index is -0.554. The van der Waals surface area contributed by atoms with Crippen molar-refractivity contribution in [3.8, 4) is 0 Å². The average Bonchev–Trinajstić information content (AvgIpc) is 2.67. The van der Waals surface area contributed by atoms with Gasteiger partial charge in [0.25, 0.3) is 5.91 Å². The number of carbonyl (C=O) groups is 2. The molecule has 2 amide bonds. The van der Waals surface area contributed by atoms with E-state index in [1.54, 1.807) is 0 Å². The van der Waals surface area contributed by atoms with Crippen molar-refractivity contribution in [2.75, 3.05) is 13.1 Å². The molecule has 4 nitrogen and oxygen atoms in total. The van der Waals surface area contributed by atoms with E-state index < -0.39 is 5.41 Å². The summed E-state index contributed by atoms with van der Waals surface area (Å²) in [5.41, 5.74) is 3.55. The lowest BCUT2D eigenvalue weighted by Gasteiger charge is -2.39. The molecule has 142 valence electrons. The topological polar surface area (TPSA) is 49.4 Å². The number of rotatable bonds is 4. The second kappa shape index (κ2) is 7.95. The molecule has 1 atom stereocenters. The molecule has 1 saturated heterocycles. The molecule has 1 N–H and O–H groups in total. The standard InChI is InChI=1S/C23H28N2O2/c1-17-9-11-19(12-10-17)21(26)25-14-6-13-23(3,16-25)22(27)24-15-20-8-5-4-7-18(20)2/h4-5,7-12H,6,13-16H2,1-3H3,(H,24,27)/t23-/m0/s1. The maximum Gasteiger partial charge on any atom is 0.253 e. The van der Waals surface area contributed by atoms with Crippen LogP contribution in [0.15, 0.2) is 48.5 Å². The molecule has 0 saturated carbocycles. The van der Waals surface area contributed by atoms with E-state index in [9.17, 15) is 9.59 Å². The van der Waals surface area contributed by atoms with Crippen LogP contribution in [0.5, 0.6) is 0 Å². The van der Waals surface area contributed by atoms with Crippen molar-refractivity contribution in [3.63, 3.8) is 0 Å². The first-order valence-corrected chi connectivity index (χ1v) is 9.58. The Morgan fingerprint density at radius 1 is 1.07 bits per heavy atom. The number of hydrogen-bond donors (Lipinski definition) is 1. The fourth-order valence-electron chi connectivity index (χ4n) is 3.67. The van der Waals surface area contributed by atoms with Crippen LogP contribution in [-0.4, -0.2) is 29.8 Å². The quantitative estimate of drug-likeness (QED) is 0.895. The molecule has 0 bridgehead atoms. The van der Waals surface area contributed by atoms with Crippen LogP contribution in [0.3, 0.4) is 0 Å². The van der Waals surface area contributed by atoms with Gasteiger partial charge in [0, 0.05) is 25.2 Å². The summed E-state index contributed by atoms with van der Waals surface area (Å²) < 4.78 is 0. The Labute approximate surface area is 161 Å². The molecule has 4 heteroatoms. The molecule has 1 fully saturated rings. The van der Waals surface area contributed by atoms with E-state index in [2.05, 4.69) is 5.32 Å². The second-order valence-electron chi connectivity index (χ2n) is 7.87. The normalized spacial score (nSPS) is 19.6. The molecule has 2 aromatic rings. The highest BCUT2D eigenvalue weighted by atomic mass is 16.2. The van der Waals surface area contributed by atoms with Crippen LogP contribution < -0.4 is 5.32 Å². The second-order valence-corrected chi connectivity index (χ2v) is 7.87. The Morgan fingerprint density at radius 3 is 2.48 bits per heavy atom. The van der Waals surface area contributed by atoms with Crippen molar-refractivity contribution in [2.24, 2.45) is 5.41 Å². The molecule has 1 aliphatic heterocycles. The molecule has 27 heavy (non-hydrogen) atoms. The van der Waals surface area contributed by atoms with Crippen molar-refractivity contribution >= 4 is 11.8 Å². The Kier molecular flexibility index (Phi) is 5.64. The largest absolute Gasteiger partial charge is 0.351 e. The molecule has 3 rings (SSSR count). The average molecular weight is 364 g/mol. The zero-order chi connectivity index (χ0) is 19.4. The predicted octanol–water partition coefficient (Wildman–Crippen LogP) is 3.86. The first-order chi connectivity index (χ1) is 12.9. The molecule has 0 unspecified atom stereocenters. The first-order valence-electron chi connectivity index (χ1n) is 9.58. The molecule has 0 aromatic heterocycles. The molecule has 2 aromatic carbocycles. The van der Waals surface area contributed by atoms with Gasteiger partial charge in [-0.2, -0.15) is 0 Å². The molecule has 0 spiro atoms. The zero-order valence-electron chi connectivity index (χ0n) is 16.4. The third kappa shape index (κ3) is 4.38. The number of likely N-dealkylation sites (tertiary alicyclic amines) is 1. The maximum absolute atomic E-state index is 12.9. The number of hydrogen-bond acceptors (Lipinski definition) is 2.